The molecule has 1 aliphatic carbocycles. The number of fused-ring (bicyclic) bond motifs is 9. The molecule has 0 amide bonds. The van der Waals surface area contributed by atoms with Gasteiger partial charge in [-0.25, -0.2) is 0 Å². The molecule has 0 spiro atoms. The molecule has 3 heteroatoms. The summed E-state index contributed by atoms with van der Waals surface area (Å²) >= 11 is 0. The number of rotatable bonds is 1. The van der Waals surface area contributed by atoms with E-state index in [1.54, 1.807) is 0 Å². The van der Waals surface area contributed by atoms with Crippen LogP contribution in [0.15, 0.2) is 114 Å². The smallest absolute Gasteiger partial charge is 0.235 e. The van der Waals surface area contributed by atoms with Gasteiger partial charge in [-0.15, -0.1) is 0 Å². The molecule has 1 atom stereocenters. The minimum Gasteiger partial charge on any atom is -0.456 e. The zero-order valence-corrected chi connectivity index (χ0v) is 17.8. The van der Waals surface area contributed by atoms with E-state index in [9.17, 15) is 0 Å². The first-order valence-corrected chi connectivity index (χ1v) is 11.3. The van der Waals surface area contributed by atoms with Gasteiger partial charge in [-0.05, 0) is 29.8 Å². The molecule has 0 saturated heterocycles. The molecule has 33 heavy (non-hydrogen) atoms. The molecule has 3 nitrogen and oxygen atoms in total. The van der Waals surface area contributed by atoms with Crippen LogP contribution >= 0.6 is 0 Å². The Kier molecular flexibility index (Phi) is 3.19. The third kappa shape index (κ3) is 2.12. The Bertz CT molecular complexity index is 1720. The quantitative estimate of drug-likeness (QED) is 0.263. The van der Waals surface area contributed by atoms with E-state index < -0.39 is 0 Å². The van der Waals surface area contributed by atoms with Gasteiger partial charge in [-0.2, -0.15) is 4.58 Å². The molecular formula is C30H19N2O+. The van der Waals surface area contributed by atoms with E-state index in [4.69, 9.17) is 4.42 Å². The lowest BCUT2D eigenvalue weighted by Crippen LogP contribution is -2.43. The summed E-state index contributed by atoms with van der Waals surface area (Å²) in [6.45, 7) is 0. The Labute approximate surface area is 190 Å². The van der Waals surface area contributed by atoms with Crippen LogP contribution in [0.25, 0.3) is 27.5 Å². The van der Waals surface area contributed by atoms with Crippen LogP contribution in [0.4, 0.5) is 22.7 Å². The molecule has 0 bridgehead atoms. The van der Waals surface area contributed by atoms with Crippen molar-refractivity contribution in [3.8, 4) is 0 Å². The van der Waals surface area contributed by atoms with Gasteiger partial charge in [0, 0.05) is 40.6 Å². The molecule has 3 heterocycles. The summed E-state index contributed by atoms with van der Waals surface area (Å²) in [7, 11) is 0. The fraction of sp³-hybridized carbons (Fsp3) is 0.0333. The first kappa shape index (κ1) is 17.2. The zero-order valence-electron chi connectivity index (χ0n) is 17.8. The van der Waals surface area contributed by atoms with Crippen LogP contribution in [-0.2, 0) is 0 Å². The van der Waals surface area contributed by atoms with Crippen LogP contribution in [0.1, 0.15) is 5.56 Å². The summed E-state index contributed by atoms with van der Waals surface area (Å²) in [5.41, 5.74) is 10.6. The first-order valence-electron chi connectivity index (χ1n) is 11.3. The second kappa shape index (κ2) is 6.11. The lowest BCUT2D eigenvalue weighted by atomic mass is 9.90. The number of hydrogen-bond donors (Lipinski definition) is 0. The van der Waals surface area contributed by atoms with Crippen molar-refractivity contribution in [3.05, 3.63) is 115 Å². The molecule has 8 rings (SSSR count). The van der Waals surface area contributed by atoms with E-state index in [0.29, 0.717) is 0 Å². The zero-order chi connectivity index (χ0) is 21.5. The average Bonchev–Trinajstić information content (AvgIpc) is 3.42. The molecule has 0 radical (unpaired) electrons. The number of anilines is 2. The topological polar surface area (TPSA) is 19.4 Å². The molecule has 1 aromatic heterocycles. The highest BCUT2D eigenvalue weighted by molar-refractivity contribution is 6.25. The van der Waals surface area contributed by atoms with Crippen LogP contribution < -0.4 is 9.48 Å². The second-order valence-electron chi connectivity index (χ2n) is 8.77. The molecule has 5 aromatic rings. The predicted octanol–water partition coefficient (Wildman–Crippen LogP) is 7.35. The number of hydrogen-bond acceptors (Lipinski definition) is 2. The first-order chi connectivity index (χ1) is 16.4. The summed E-state index contributed by atoms with van der Waals surface area (Å²) in [5, 5.41) is 2.39. The van der Waals surface area contributed by atoms with Crippen molar-refractivity contribution in [2.45, 2.75) is 6.04 Å². The lowest BCUT2D eigenvalue weighted by molar-refractivity contribution is 0.669. The fourth-order valence-electron chi connectivity index (χ4n) is 5.85. The highest BCUT2D eigenvalue weighted by Crippen LogP contribution is 2.54. The number of nitrogens with zero attached hydrogens (tertiary/aromatic N) is 2. The van der Waals surface area contributed by atoms with Crippen LogP contribution in [0.3, 0.4) is 0 Å². The summed E-state index contributed by atoms with van der Waals surface area (Å²) in [6.07, 6.45) is 6.74. The minimum absolute atomic E-state index is 0.124. The van der Waals surface area contributed by atoms with E-state index in [1.807, 2.05) is 6.07 Å². The minimum atomic E-state index is 0.124. The molecule has 2 aliphatic heterocycles. The highest BCUT2D eigenvalue weighted by Gasteiger charge is 2.49. The van der Waals surface area contributed by atoms with E-state index >= 15 is 0 Å². The Balaban J connectivity index is 1.51. The summed E-state index contributed by atoms with van der Waals surface area (Å²) in [6, 6.07) is 32.3. The van der Waals surface area contributed by atoms with Crippen molar-refractivity contribution in [2.75, 3.05) is 4.90 Å². The summed E-state index contributed by atoms with van der Waals surface area (Å²) < 4.78 is 8.66. The van der Waals surface area contributed by atoms with Crippen molar-refractivity contribution < 1.29 is 4.42 Å². The molecule has 4 aromatic carbocycles. The third-order valence-electron chi connectivity index (χ3n) is 7.10. The van der Waals surface area contributed by atoms with Crippen molar-refractivity contribution >= 4 is 56.0 Å². The van der Waals surface area contributed by atoms with Crippen molar-refractivity contribution in [3.63, 3.8) is 0 Å². The Morgan fingerprint density at radius 2 is 1.55 bits per heavy atom. The Hall–Kier alpha value is -4.37. The van der Waals surface area contributed by atoms with E-state index in [-0.39, 0.29) is 6.04 Å². The SMILES string of the molecule is C1=CC2=[N+](c3ccccc3)c3ccccc3N3c4ccc5oc6ccccc6c5c4C(=C1)C23. The molecule has 1 unspecified atom stereocenters. The van der Waals surface area contributed by atoms with Crippen molar-refractivity contribution in [2.24, 2.45) is 0 Å². The molecule has 0 fully saturated rings. The Morgan fingerprint density at radius 1 is 0.727 bits per heavy atom. The van der Waals surface area contributed by atoms with Crippen molar-refractivity contribution in [1.82, 2.24) is 4.58 Å². The van der Waals surface area contributed by atoms with Crippen molar-refractivity contribution in [1.29, 1.82) is 0 Å². The molecule has 0 saturated carbocycles. The molecule has 0 N–H and O–H groups in total. The largest absolute Gasteiger partial charge is 0.456 e. The van der Waals surface area contributed by atoms with Gasteiger partial charge in [-0.1, -0.05) is 60.7 Å². The third-order valence-corrected chi connectivity index (χ3v) is 7.10. The van der Waals surface area contributed by atoms with Gasteiger partial charge in [0.25, 0.3) is 0 Å². The lowest BCUT2D eigenvalue weighted by Gasteiger charge is -2.32. The maximum Gasteiger partial charge on any atom is 0.235 e. The van der Waals surface area contributed by atoms with Gasteiger partial charge in [0.15, 0.2) is 0 Å². The summed E-state index contributed by atoms with van der Waals surface area (Å²) in [5.74, 6) is 0. The number of furan rings is 1. The molecule has 3 aliphatic rings. The van der Waals surface area contributed by atoms with Gasteiger partial charge in [0.05, 0.1) is 5.69 Å². The van der Waals surface area contributed by atoms with E-state index in [0.717, 1.165) is 11.2 Å². The average molecular weight is 423 g/mol. The predicted molar refractivity (Wildman–Crippen MR) is 136 cm³/mol. The van der Waals surface area contributed by atoms with Crippen LogP contribution in [0.5, 0.6) is 0 Å². The maximum absolute atomic E-state index is 6.25. The molecule has 154 valence electrons. The van der Waals surface area contributed by atoms with Crippen LogP contribution in [-0.4, -0.2) is 11.8 Å². The van der Waals surface area contributed by atoms with E-state index in [2.05, 4.69) is 113 Å². The maximum atomic E-state index is 6.25. The molecular weight excluding hydrogens is 404 g/mol. The van der Waals surface area contributed by atoms with Gasteiger partial charge in [-0.3, -0.25) is 0 Å². The Morgan fingerprint density at radius 3 is 2.48 bits per heavy atom. The normalized spacial score (nSPS) is 17.9. The summed E-state index contributed by atoms with van der Waals surface area (Å²) in [4.78, 5) is 2.51. The van der Waals surface area contributed by atoms with Gasteiger partial charge < -0.3 is 9.32 Å². The standard InChI is InChI=1S/C30H19N2O/c1-2-9-19(10-3-1)31-22-13-5-6-14-23(22)32-24-17-18-27-29(20-11-4-7-16-26(20)33-27)28(24)21-12-8-15-25(31)30(21)32/h1-18,30H/q+1. The number of allylic oxidation sites excluding steroid dienone is 2. The van der Waals surface area contributed by atoms with Gasteiger partial charge in [0.1, 0.15) is 22.9 Å². The van der Waals surface area contributed by atoms with Crippen LogP contribution in [0, 0.1) is 0 Å². The number of para-hydroxylation sites is 4. The fourth-order valence-corrected chi connectivity index (χ4v) is 5.85. The second-order valence-corrected chi connectivity index (χ2v) is 8.77. The van der Waals surface area contributed by atoms with E-state index in [1.165, 1.54) is 50.4 Å². The number of benzene rings is 4. The van der Waals surface area contributed by atoms with Gasteiger partial charge in [0.2, 0.25) is 17.1 Å². The monoisotopic (exact) mass is 423 g/mol. The van der Waals surface area contributed by atoms with Crippen LogP contribution in [0.2, 0.25) is 0 Å². The van der Waals surface area contributed by atoms with Gasteiger partial charge >= 0.3 is 0 Å². The highest BCUT2D eigenvalue weighted by atomic mass is 16.3.